The number of fused-ring (bicyclic) bond motifs is 1. The third kappa shape index (κ3) is 14.6. The molecule has 0 radical (unpaired) electrons. The molecule has 2 aromatic carbocycles. The van der Waals surface area contributed by atoms with E-state index in [1.54, 1.807) is 28.9 Å². The molecule has 1 unspecified atom stereocenters. The van der Waals surface area contributed by atoms with Crippen LogP contribution >= 0.6 is 11.6 Å². The minimum Gasteiger partial charge on any atom is -0.494 e. The molecular formula is C38H57ClN6O5S. The summed E-state index contributed by atoms with van der Waals surface area (Å²) >= 11 is 6.26. The van der Waals surface area contributed by atoms with E-state index in [-0.39, 0.29) is 12.5 Å². The van der Waals surface area contributed by atoms with Crippen molar-refractivity contribution in [3.63, 3.8) is 0 Å². The van der Waals surface area contributed by atoms with E-state index in [0.29, 0.717) is 41.6 Å². The Morgan fingerprint density at radius 1 is 0.824 bits per heavy atom. The lowest BCUT2D eigenvalue weighted by molar-refractivity contribution is -0.0788. The second kappa shape index (κ2) is 21.8. The summed E-state index contributed by atoms with van der Waals surface area (Å²) in [5.41, 5.74) is 2.92. The molecule has 51 heavy (non-hydrogen) atoms. The molecule has 0 spiro atoms. The fourth-order valence-corrected chi connectivity index (χ4v) is 7.09. The van der Waals surface area contributed by atoms with Gasteiger partial charge in [-0.2, -0.15) is 4.63 Å². The van der Waals surface area contributed by atoms with Crippen LogP contribution in [-0.4, -0.2) is 53.6 Å². The van der Waals surface area contributed by atoms with E-state index >= 15 is 0 Å². The topological polar surface area (TPSA) is 132 Å². The number of benzene rings is 2. The SMILES string of the molecule is CCCCCCCCCCCCC(OCNc1ccc(OCCCc2nc3c(Cl)c(C)[nH]n3n2)cc1)Oc1ccc(NS(=O)(=O)CCCC)cc1. The first kappa shape index (κ1) is 40.3. The van der Waals surface area contributed by atoms with Gasteiger partial charge in [0.1, 0.15) is 23.3 Å². The van der Waals surface area contributed by atoms with Gasteiger partial charge in [0, 0.05) is 24.2 Å². The minimum absolute atomic E-state index is 0.109. The van der Waals surface area contributed by atoms with Gasteiger partial charge in [0.05, 0.1) is 18.1 Å². The van der Waals surface area contributed by atoms with Gasteiger partial charge in [0.2, 0.25) is 16.3 Å². The van der Waals surface area contributed by atoms with Crippen molar-refractivity contribution in [3.05, 3.63) is 65.1 Å². The van der Waals surface area contributed by atoms with E-state index in [1.807, 2.05) is 38.1 Å². The molecule has 4 rings (SSSR count). The Labute approximate surface area is 309 Å². The highest BCUT2D eigenvalue weighted by atomic mass is 35.5. The number of sulfonamides is 1. The molecular weight excluding hydrogens is 688 g/mol. The Hall–Kier alpha value is -3.48. The van der Waals surface area contributed by atoms with Crippen molar-refractivity contribution in [2.24, 2.45) is 0 Å². The highest BCUT2D eigenvalue weighted by Gasteiger charge is 2.14. The van der Waals surface area contributed by atoms with Gasteiger partial charge < -0.3 is 19.5 Å². The largest absolute Gasteiger partial charge is 0.494 e. The maximum Gasteiger partial charge on any atom is 0.232 e. The first-order valence-corrected chi connectivity index (χ1v) is 20.7. The molecule has 0 saturated carbocycles. The van der Waals surface area contributed by atoms with E-state index in [2.05, 4.69) is 32.1 Å². The van der Waals surface area contributed by atoms with Crippen LogP contribution in [0.5, 0.6) is 11.5 Å². The van der Waals surface area contributed by atoms with Crippen LogP contribution in [0.3, 0.4) is 0 Å². The molecule has 0 fully saturated rings. The molecule has 13 heteroatoms. The Morgan fingerprint density at radius 3 is 2.12 bits per heavy atom. The number of nitrogens with one attached hydrogen (secondary N) is 3. The number of H-pyrrole nitrogens is 1. The Balaban J connectivity index is 1.20. The summed E-state index contributed by atoms with van der Waals surface area (Å²) in [4.78, 5) is 4.50. The summed E-state index contributed by atoms with van der Waals surface area (Å²) in [7, 11) is -3.36. The van der Waals surface area contributed by atoms with Crippen LogP contribution < -0.4 is 19.5 Å². The zero-order valence-corrected chi connectivity index (χ0v) is 32.2. The van der Waals surface area contributed by atoms with Gasteiger partial charge in [-0.1, -0.05) is 89.7 Å². The molecule has 0 aliphatic rings. The number of aromatic amines is 1. The summed E-state index contributed by atoms with van der Waals surface area (Å²) < 4.78 is 47.2. The molecule has 282 valence electrons. The number of rotatable bonds is 27. The van der Waals surface area contributed by atoms with Crippen molar-refractivity contribution in [3.8, 4) is 11.5 Å². The molecule has 4 aromatic rings. The van der Waals surface area contributed by atoms with Gasteiger partial charge in [0.15, 0.2) is 11.5 Å². The lowest BCUT2D eigenvalue weighted by atomic mass is 10.1. The number of unbranched alkanes of at least 4 members (excludes halogenated alkanes) is 10. The van der Waals surface area contributed by atoms with Crippen LogP contribution in [0.4, 0.5) is 11.4 Å². The zero-order chi connectivity index (χ0) is 36.3. The van der Waals surface area contributed by atoms with E-state index < -0.39 is 16.3 Å². The van der Waals surface area contributed by atoms with Gasteiger partial charge in [-0.25, -0.2) is 13.4 Å². The highest BCUT2D eigenvalue weighted by molar-refractivity contribution is 7.92. The Morgan fingerprint density at radius 2 is 1.45 bits per heavy atom. The van der Waals surface area contributed by atoms with Crippen LogP contribution in [0.1, 0.15) is 115 Å². The molecule has 0 amide bonds. The first-order chi connectivity index (χ1) is 24.8. The number of nitrogens with zero attached hydrogens (tertiary/aromatic N) is 3. The molecule has 0 saturated heterocycles. The molecule has 3 N–H and O–H groups in total. The number of ether oxygens (including phenoxy) is 3. The van der Waals surface area contributed by atoms with Crippen LogP contribution in [0.25, 0.3) is 5.65 Å². The monoisotopic (exact) mass is 744 g/mol. The first-order valence-electron chi connectivity index (χ1n) is 18.7. The molecule has 2 heterocycles. The summed E-state index contributed by atoms with van der Waals surface area (Å²) in [5, 5.41) is 11.4. The molecule has 1 atom stereocenters. The fraction of sp³-hybridized carbons (Fsp3) is 0.579. The van der Waals surface area contributed by atoms with E-state index in [1.165, 1.54) is 51.4 Å². The van der Waals surface area contributed by atoms with Crippen LogP contribution in [0.15, 0.2) is 48.5 Å². The quantitative estimate of drug-likeness (QED) is 0.0406. The molecule has 0 bridgehead atoms. The van der Waals surface area contributed by atoms with E-state index in [4.69, 9.17) is 25.8 Å². The smallest absolute Gasteiger partial charge is 0.232 e. The molecule has 0 aliphatic carbocycles. The minimum atomic E-state index is -3.36. The van der Waals surface area contributed by atoms with Crippen LogP contribution in [0, 0.1) is 6.92 Å². The fourth-order valence-electron chi connectivity index (χ4n) is 5.66. The normalized spacial score (nSPS) is 12.3. The van der Waals surface area contributed by atoms with E-state index in [9.17, 15) is 8.42 Å². The summed E-state index contributed by atoms with van der Waals surface area (Å²) in [6.45, 7) is 6.93. The second-order valence-corrected chi connectivity index (χ2v) is 15.3. The van der Waals surface area contributed by atoms with Gasteiger partial charge in [0.25, 0.3) is 0 Å². The third-order valence-corrected chi connectivity index (χ3v) is 10.4. The number of halogens is 1. The second-order valence-electron chi connectivity index (χ2n) is 13.1. The number of aromatic nitrogens is 4. The molecule has 0 aliphatic heterocycles. The summed E-state index contributed by atoms with van der Waals surface area (Å²) in [6.07, 6.45) is 15.8. The van der Waals surface area contributed by atoms with Crippen molar-refractivity contribution < 1.29 is 22.6 Å². The lowest BCUT2D eigenvalue weighted by Crippen LogP contribution is -2.24. The maximum absolute atomic E-state index is 12.3. The average Bonchev–Trinajstić information content (AvgIpc) is 3.64. The van der Waals surface area contributed by atoms with Gasteiger partial charge in [-0.3, -0.25) is 9.82 Å². The third-order valence-electron chi connectivity index (χ3n) is 8.62. The molecule has 11 nitrogen and oxygen atoms in total. The van der Waals surface area contributed by atoms with Crippen molar-refractivity contribution >= 4 is 38.6 Å². The van der Waals surface area contributed by atoms with Gasteiger partial charge in [-0.05, 0) is 74.7 Å². The number of aryl methyl sites for hydroxylation is 2. The van der Waals surface area contributed by atoms with Crippen molar-refractivity contribution in [2.75, 3.05) is 29.1 Å². The van der Waals surface area contributed by atoms with E-state index in [0.717, 1.165) is 55.1 Å². The number of hydrogen-bond acceptors (Lipinski definition) is 8. The standard InChI is InChI=1S/C38H57ClN6O5S/c1-4-6-8-9-10-11-12-13-14-15-18-36(50-34-25-21-32(22-26-34)44-51(46,47)28-7-5-2)49-29-40-31-19-23-33(24-20-31)48-27-16-17-35-41-38-37(39)30(3)42-45(38)43-35/h19-26,36,40,42,44H,4-18,27-29H2,1-3H3. The number of hydrogen-bond donors (Lipinski definition) is 3. The van der Waals surface area contributed by atoms with Crippen molar-refractivity contribution in [1.29, 1.82) is 0 Å². The van der Waals surface area contributed by atoms with Gasteiger partial charge >= 0.3 is 0 Å². The Kier molecular flexibility index (Phi) is 17.2. The van der Waals surface area contributed by atoms with Crippen LogP contribution in [0.2, 0.25) is 5.02 Å². The lowest BCUT2D eigenvalue weighted by Gasteiger charge is -2.21. The number of anilines is 2. The van der Waals surface area contributed by atoms with Crippen molar-refractivity contribution in [2.45, 2.75) is 123 Å². The van der Waals surface area contributed by atoms with Gasteiger partial charge in [-0.15, -0.1) is 5.10 Å². The summed E-state index contributed by atoms with van der Waals surface area (Å²) in [5.74, 6) is 2.25. The molecule has 2 aromatic heterocycles. The average molecular weight is 745 g/mol. The van der Waals surface area contributed by atoms with Crippen LogP contribution in [-0.2, 0) is 21.2 Å². The Bertz CT molecular complexity index is 1660. The van der Waals surface area contributed by atoms with Crippen molar-refractivity contribution in [1.82, 2.24) is 19.8 Å². The predicted molar refractivity (Wildman–Crippen MR) is 207 cm³/mol. The highest BCUT2D eigenvalue weighted by Crippen LogP contribution is 2.23. The predicted octanol–water partition coefficient (Wildman–Crippen LogP) is 9.67. The summed E-state index contributed by atoms with van der Waals surface area (Å²) in [6, 6.07) is 14.8. The zero-order valence-electron chi connectivity index (χ0n) is 30.6. The maximum atomic E-state index is 12.3.